The predicted molar refractivity (Wildman–Crippen MR) is 101 cm³/mol. The zero-order valence-electron chi connectivity index (χ0n) is 15.1. The van der Waals surface area contributed by atoms with Gasteiger partial charge in [-0.05, 0) is 18.2 Å². The molecule has 140 valence electrons. The first-order valence-corrected chi connectivity index (χ1v) is 8.64. The summed E-state index contributed by atoms with van der Waals surface area (Å²) in [6.07, 6.45) is 1.81. The zero-order chi connectivity index (χ0) is 19.9. The van der Waals surface area contributed by atoms with Crippen molar-refractivity contribution in [1.82, 2.24) is 19.7 Å². The van der Waals surface area contributed by atoms with Gasteiger partial charge >= 0.3 is 0 Å². The average Bonchev–Trinajstić information content (AvgIpc) is 3.21. The van der Waals surface area contributed by atoms with Crippen molar-refractivity contribution in [2.24, 2.45) is 5.73 Å². The number of primary amides is 1. The fraction of sp³-hybridized carbons (Fsp3) is 0.200. The van der Waals surface area contributed by atoms with Crippen molar-refractivity contribution in [1.29, 1.82) is 0 Å². The minimum atomic E-state index is -1.67. The van der Waals surface area contributed by atoms with Crippen LogP contribution in [0.3, 0.4) is 0 Å². The molecular weight excluding hydrogens is 358 g/mol. The fourth-order valence-corrected chi connectivity index (χ4v) is 3.18. The summed E-state index contributed by atoms with van der Waals surface area (Å²) in [6, 6.07) is 10.5. The van der Waals surface area contributed by atoms with E-state index in [2.05, 4.69) is 21.9 Å². The number of pyridine rings is 1. The number of hydrogen-bond donors (Lipinski definition) is 2. The molecule has 3 heterocycles. The number of rotatable bonds is 2. The summed E-state index contributed by atoms with van der Waals surface area (Å²) in [4.78, 5) is 29.5. The lowest BCUT2D eigenvalue weighted by molar-refractivity contribution is -0.137. The number of nitrogens with zero attached hydrogens (tertiary/aromatic N) is 4. The number of amides is 2. The zero-order valence-corrected chi connectivity index (χ0v) is 15.1. The number of nitrogens with two attached hydrogens (primary N) is 1. The van der Waals surface area contributed by atoms with Crippen molar-refractivity contribution in [3.63, 3.8) is 0 Å². The monoisotopic (exact) mass is 375 g/mol. The Bertz CT molecular complexity index is 1170. The lowest BCUT2D eigenvalue weighted by Crippen LogP contribution is -2.37. The molecule has 1 saturated heterocycles. The van der Waals surface area contributed by atoms with E-state index in [1.807, 2.05) is 12.1 Å². The SMILES string of the molecule is CN1CC[C@@](O)(C#Cc2ccnc(-n3nc(C(N)=O)c4ccccc43)c2)C1=O. The van der Waals surface area contributed by atoms with Gasteiger partial charge in [0.1, 0.15) is 0 Å². The molecule has 2 aromatic heterocycles. The molecule has 1 aliphatic rings. The normalized spacial score (nSPS) is 18.9. The van der Waals surface area contributed by atoms with Crippen LogP contribution in [0, 0.1) is 11.8 Å². The molecule has 28 heavy (non-hydrogen) atoms. The summed E-state index contributed by atoms with van der Waals surface area (Å²) in [7, 11) is 1.63. The van der Waals surface area contributed by atoms with Gasteiger partial charge in [0.25, 0.3) is 11.8 Å². The molecule has 3 N–H and O–H groups in total. The van der Waals surface area contributed by atoms with Crippen LogP contribution in [0.15, 0.2) is 42.6 Å². The number of benzene rings is 1. The molecule has 0 aliphatic carbocycles. The highest BCUT2D eigenvalue weighted by Gasteiger charge is 2.42. The van der Waals surface area contributed by atoms with Gasteiger partial charge in [0.15, 0.2) is 11.5 Å². The Labute approximate surface area is 160 Å². The van der Waals surface area contributed by atoms with Gasteiger partial charge < -0.3 is 15.7 Å². The Morgan fingerprint density at radius 1 is 1.32 bits per heavy atom. The van der Waals surface area contributed by atoms with Gasteiger partial charge in [-0.3, -0.25) is 9.59 Å². The molecule has 3 aromatic rings. The Morgan fingerprint density at radius 3 is 2.82 bits per heavy atom. The summed E-state index contributed by atoms with van der Waals surface area (Å²) in [5.74, 6) is 4.93. The van der Waals surface area contributed by atoms with Gasteiger partial charge in [0.05, 0.1) is 5.52 Å². The maximum Gasteiger partial charge on any atom is 0.269 e. The van der Waals surface area contributed by atoms with Crippen molar-refractivity contribution in [3.8, 4) is 17.7 Å². The predicted octanol–water partition coefficient (Wildman–Crippen LogP) is 0.464. The molecule has 8 nitrogen and oxygen atoms in total. The topological polar surface area (TPSA) is 114 Å². The summed E-state index contributed by atoms with van der Waals surface area (Å²) in [6.45, 7) is 0.459. The second kappa shape index (κ2) is 6.48. The van der Waals surface area contributed by atoms with E-state index in [1.54, 1.807) is 37.5 Å². The Balaban J connectivity index is 1.76. The first-order chi connectivity index (χ1) is 13.4. The maximum atomic E-state index is 12.1. The molecule has 1 atom stereocenters. The standard InChI is InChI=1S/C20H17N5O3/c1-24-11-9-20(28,19(24)27)8-6-13-7-10-22-16(12-13)25-15-5-3-2-4-14(15)17(23-25)18(21)26/h2-5,7,10,12,28H,9,11H2,1H3,(H2,21,26)/t20-/m0/s1. The van der Waals surface area contributed by atoms with Crippen LogP contribution in [0.1, 0.15) is 22.5 Å². The summed E-state index contributed by atoms with van der Waals surface area (Å²) in [5.41, 5.74) is 5.16. The van der Waals surface area contributed by atoms with Crippen LogP contribution >= 0.6 is 0 Å². The molecule has 0 unspecified atom stereocenters. The summed E-state index contributed by atoms with van der Waals surface area (Å²) < 4.78 is 1.52. The van der Waals surface area contributed by atoms with Crippen molar-refractivity contribution in [3.05, 3.63) is 53.9 Å². The summed E-state index contributed by atoms with van der Waals surface area (Å²) in [5, 5.41) is 15.4. The minimum absolute atomic E-state index is 0.155. The molecule has 0 spiro atoms. The van der Waals surface area contributed by atoms with Crippen LogP contribution in [0.5, 0.6) is 0 Å². The molecule has 1 aliphatic heterocycles. The summed E-state index contributed by atoms with van der Waals surface area (Å²) >= 11 is 0. The van der Waals surface area contributed by atoms with Crippen LogP contribution in [-0.4, -0.2) is 55.8 Å². The Hall–Kier alpha value is -3.70. The number of carbonyl (C=O) groups is 2. The van der Waals surface area contributed by atoms with Crippen LogP contribution in [-0.2, 0) is 4.79 Å². The molecular formula is C20H17N5O3. The van der Waals surface area contributed by atoms with E-state index in [1.165, 1.54) is 9.58 Å². The first-order valence-electron chi connectivity index (χ1n) is 8.64. The van der Waals surface area contributed by atoms with Crippen molar-refractivity contribution in [2.75, 3.05) is 13.6 Å². The minimum Gasteiger partial charge on any atom is -0.369 e. The highest BCUT2D eigenvalue weighted by atomic mass is 16.3. The van der Waals surface area contributed by atoms with E-state index in [0.717, 1.165) is 0 Å². The number of carbonyl (C=O) groups excluding carboxylic acids is 2. The molecule has 0 saturated carbocycles. The molecule has 2 amide bonds. The number of hydrogen-bond acceptors (Lipinski definition) is 5. The smallest absolute Gasteiger partial charge is 0.269 e. The van der Waals surface area contributed by atoms with Crippen LogP contribution < -0.4 is 5.73 Å². The van der Waals surface area contributed by atoms with Crippen molar-refractivity contribution in [2.45, 2.75) is 12.0 Å². The molecule has 0 bridgehead atoms. The lowest BCUT2D eigenvalue weighted by atomic mass is 10.0. The molecule has 1 aromatic carbocycles. The Morgan fingerprint density at radius 2 is 2.11 bits per heavy atom. The van der Waals surface area contributed by atoms with Crippen LogP contribution in [0.2, 0.25) is 0 Å². The highest BCUT2D eigenvalue weighted by molar-refractivity contribution is 6.04. The van der Waals surface area contributed by atoms with Gasteiger partial charge in [0.2, 0.25) is 5.60 Å². The fourth-order valence-electron chi connectivity index (χ4n) is 3.18. The second-order valence-corrected chi connectivity index (χ2v) is 6.63. The number of para-hydroxylation sites is 1. The molecule has 8 heteroatoms. The van der Waals surface area contributed by atoms with Crippen LogP contribution in [0.4, 0.5) is 0 Å². The molecule has 1 fully saturated rings. The number of fused-ring (bicyclic) bond motifs is 1. The first kappa shape index (κ1) is 17.7. The number of likely N-dealkylation sites (N-methyl/N-ethyl adjacent to an activating group) is 1. The van der Waals surface area contributed by atoms with Crippen molar-refractivity contribution >= 4 is 22.7 Å². The quantitative estimate of drug-likeness (QED) is 0.632. The third-order valence-electron chi connectivity index (χ3n) is 4.71. The average molecular weight is 375 g/mol. The number of likely N-dealkylation sites (tertiary alicyclic amines) is 1. The van der Waals surface area contributed by atoms with E-state index in [-0.39, 0.29) is 12.1 Å². The van der Waals surface area contributed by atoms with Gasteiger partial charge in [-0.15, -0.1) is 0 Å². The molecule has 0 radical (unpaired) electrons. The van der Waals surface area contributed by atoms with E-state index in [9.17, 15) is 14.7 Å². The number of aromatic nitrogens is 3. The van der Waals surface area contributed by atoms with Gasteiger partial charge in [0, 0.05) is 37.2 Å². The number of aliphatic hydroxyl groups is 1. The van der Waals surface area contributed by atoms with Crippen molar-refractivity contribution < 1.29 is 14.7 Å². The van der Waals surface area contributed by atoms with Gasteiger partial charge in [-0.2, -0.15) is 5.10 Å². The van der Waals surface area contributed by atoms with E-state index >= 15 is 0 Å². The van der Waals surface area contributed by atoms with Gasteiger partial charge in [-0.1, -0.05) is 30.0 Å². The Kier molecular flexibility index (Phi) is 4.09. The molecule has 4 rings (SSSR count). The highest BCUT2D eigenvalue weighted by Crippen LogP contribution is 2.22. The van der Waals surface area contributed by atoms with E-state index < -0.39 is 17.4 Å². The third-order valence-corrected chi connectivity index (χ3v) is 4.71. The largest absolute Gasteiger partial charge is 0.369 e. The third kappa shape index (κ3) is 2.88. The van der Waals surface area contributed by atoms with E-state index in [4.69, 9.17) is 5.73 Å². The van der Waals surface area contributed by atoms with Crippen LogP contribution in [0.25, 0.3) is 16.7 Å². The lowest BCUT2D eigenvalue weighted by Gasteiger charge is -2.13. The second-order valence-electron chi connectivity index (χ2n) is 6.63. The maximum absolute atomic E-state index is 12.1. The van der Waals surface area contributed by atoms with Gasteiger partial charge in [-0.25, -0.2) is 9.67 Å². The van der Waals surface area contributed by atoms with E-state index in [0.29, 0.717) is 28.8 Å².